The fraction of sp³-hybridized carbons (Fsp3) is 0.100. The number of nitrogens with zero attached hydrogens (tertiary/aromatic N) is 1. The zero-order chi connectivity index (χ0) is 8.39. The molecule has 13 heavy (non-hydrogen) atoms. The third kappa shape index (κ3) is 1.79. The maximum atomic E-state index is 5.59. The quantitative estimate of drug-likeness (QED) is 0.756. The molecule has 0 amide bonds. The van der Waals surface area contributed by atoms with Gasteiger partial charge in [-0.2, -0.15) is 0 Å². The Bertz CT molecular complexity index is 396. The van der Waals surface area contributed by atoms with Gasteiger partial charge in [-0.05, 0) is 17.7 Å². The topological polar surface area (TPSA) is 38.9 Å². The first-order valence-electron chi connectivity index (χ1n) is 3.94. The predicted octanol–water partition coefficient (Wildman–Crippen LogP) is 2.12. The fourth-order valence-electron chi connectivity index (χ4n) is 1.35. The molecule has 0 atom stereocenters. The van der Waals surface area contributed by atoms with E-state index in [0.29, 0.717) is 6.54 Å². The van der Waals surface area contributed by atoms with Crippen molar-refractivity contribution in [2.45, 2.75) is 6.54 Å². The lowest BCUT2D eigenvalue weighted by atomic mass is 10.1. The molecule has 0 aliphatic rings. The van der Waals surface area contributed by atoms with Gasteiger partial charge in [0.05, 0.1) is 5.52 Å². The van der Waals surface area contributed by atoms with Crippen LogP contribution < -0.4 is 5.73 Å². The molecular weight excluding hydrogens is 184 g/mol. The van der Waals surface area contributed by atoms with E-state index in [0.717, 1.165) is 16.5 Å². The van der Waals surface area contributed by atoms with Crippen molar-refractivity contribution in [3.8, 4) is 0 Å². The van der Waals surface area contributed by atoms with Gasteiger partial charge in [-0.15, -0.1) is 12.4 Å². The van der Waals surface area contributed by atoms with Gasteiger partial charge in [0.25, 0.3) is 0 Å². The number of pyridine rings is 1. The van der Waals surface area contributed by atoms with E-state index in [1.807, 2.05) is 30.3 Å². The Hall–Kier alpha value is -1.12. The molecule has 2 aromatic rings. The highest BCUT2D eigenvalue weighted by atomic mass is 35.5. The molecule has 0 spiro atoms. The van der Waals surface area contributed by atoms with Gasteiger partial charge in [-0.25, -0.2) is 0 Å². The van der Waals surface area contributed by atoms with Crippen LogP contribution in [-0.2, 0) is 6.54 Å². The minimum Gasteiger partial charge on any atom is -0.326 e. The molecule has 0 radical (unpaired) electrons. The number of halogens is 1. The Morgan fingerprint density at radius 1 is 1.15 bits per heavy atom. The summed E-state index contributed by atoms with van der Waals surface area (Å²) in [6, 6.07) is 9.99. The first kappa shape index (κ1) is 9.96. The van der Waals surface area contributed by atoms with Crippen molar-refractivity contribution in [2.75, 3.05) is 0 Å². The van der Waals surface area contributed by atoms with E-state index in [1.54, 1.807) is 6.20 Å². The van der Waals surface area contributed by atoms with E-state index in [4.69, 9.17) is 5.73 Å². The summed E-state index contributed by atoms with van der Waals surface area (Å²) in [6.07, 6.45) is 1.79. The number of rotatable bonds is 1. The van der Waals surface area contributed by atoms with E-state index in [1.165, 1.54) is 0 Å². The van der Waals surface area contributed by atoms with E-state index >= 15 is 0 Å². The first-order valence-corrected chi connectivity index (χ1v) is 3.94. The second-order valence-corrected chi connectivity index (χ2v) is 2.69. The van der Waals surface area contributed by atoms with E-state index in [9.17, 15) is 0 Å². The van der Waals surface area contributed by atoms with Crippen LogP contribution in [0.1, 0.15) is 5.56 Å². The standard InChI is InChI=1S/C10H10N2.ClH/c11-7-8-3-1-5-10-9(8)4-2-6-12-10;/h1-6H,7,11H2;1H. The molecule has 2 rings (SSSR count). The van der Waals surface area contributed by atoms with Gasteiger partial charge in [0.1, 0.15) is 0 Å². The maximum Gasteiger partial charge on any atom is 0.0705 e. The fourth-order valence-corrected chi connectivity index (χ4v) is 1.35. The minimum absolute atomic E-state index is 0. The average Bonchev–Trinajstić information content (AvgIpc) is 2.17. The molecule has 0 bridgehead atoms. The van der Waals surface area contributed by atoms with Crippen LogP contribution in [0.4, 0.5) is 0 Å². The summed E-state index contributed by atoms with van der Waals surface area (Å²) >= 11 is 0. The number of aromatic nitrogens is 1. The normalized spacial score (nSPS) is 9.62. The van der Waals surface area contributed by atoms with Gasteiger partial charge >= 0.3 is 0 Å². The van der Waals surface area contributed by atoms with Gasteiger partial charge in [0.15, 0.2) is 0 Å². The monoisotopic (exact) mass is 194 g/mol. The van der Waals surface area contributed by atoms with E-state index in [2.05, 4.69) is 4.98 Å². The number of hydrogen-bond donors (Lipinski definition) is 1. The van der Waals surface area contributed by atoms with Crippen molar-refractivity contribution >= 4 is 23.3 Å². The summed E-state index contributed by atoms with van der Waals surface area (Å²) in [5.41, 5.74) is 7.76. The largest absolute Gasteiger partial charge is 0.326 e. The van der Waals surface area contributed by atoms with E-state index in [-0.39, 0.29) is 12.4 Å². The molecule has 0 fully saturated rings. The Morgan fingerprint density at radius 2 is 2.00 bits per heavy atom. The van der Waals surface area contributed by atoms with Crippen molar-refractivity contribution in [3.05, 3.63) is 42.1 Å². The van der Waals surface area contributed by atoms with Crippen LogP contribution >= 0.6 is 12.4 Å². The second kappa shape index (κ2) is 4.21. The molecule has 2 nitrogen and oxygen atoms in total. The third-order valence-corrected chi connectivity index (χ3v) is 1.96. The molecule has 0 saturated carbocycles. The SMILES string of the molecule is Cl.NCc1cccc2ncccc12. The molecule has 1 aromatic heterocycles. The van der Waals surface area contributed by atoms with Crippen molar-refractivity contribution in [3.63, 3.8) is 0 Å². The lowest BCUT2D eigenvalue weighted by molar-refractivity contribution is 1.08. The van der Waals surface area contributed by atoms with Crippen LogP contribution in [0.3, 0.4) is 0 Å². The Morgan fingerprint density at radius 3 is 2.77 bits per heavy atom. The summed E-state index contributed by atoms with van der Waals surface area (Å²) in [6.45, 7) is 0.572. The minimum atomic E-state index is 0. The summed E-state index contributed by atoms with van der Waals surface area (Å²) in [7, 11) is 0. The second-order valence-electron chi connectivity index (χ2n) is 2.69. The van der Waals surface area contributed by atoms with E-state index < -0.39 is 0 Å². The van der Waals surface area contributed by atoms with Gasteiger partial charge in [-0.1, -0.05) is 18.2 Å². The number of nitrogens with two attached hydrogens (primary N) is 1. The number of hydrogen-bond acceptors (Lipinski definition) is 2. The molecule has 0 unspecified atom stereocenters. The summed E-state index contributed by atoms with van der Waals surface area (Å²) < 4.78 is 0. The number of fused-ring (bicyclic) bond motifs is 1. The lowest BCUT2D eigenvalue weighted by Gasteiger charge is -2.01. The van der Waals surface area contributed by atoms with Gasteiger partial charge in [0.2, 0.25) is 0 Å². The Kier molecular flexibility index (Phi) is 3.23. The van der Waals surface area contributed by atoms with Crippen LogP contribution in [0, 0.1) is 0 Å². The number of benzene rings is 1. The van der Waals surface area contributed by atoms with Crippen molar-refractivity contribution in [1.82, 2.24) is 4.98 Å². The zero-order valence-corrected chi connectivity index (χ0v) is 7.92. The highest BCUT2D eigenvalue weighted by Gasteiger charge is 1.96. The van der Waals surface area contributed by atoms with Gasteiger partial charge < -0.3 is 5.73 Å². The summed E-state index contributed by atoms with van der Waals surface area (Å²) in [5, 5.41) is 1.16. The highest BCUT2D eigenvalue weighted by Crippen LogP contribution is 2.15. The maximum absolute atomic E-state index is 5.59. The lowest BCUT2D eigenvalue weighted by Crippen LogP contribution is -1.96. The van der Waals surface area contributed by atoms with Crippen LogP contribution in [0.25, 0.3) is 10.9 Å². The van der Waals surface area contributed by atoms with Crippen molar-refractivity contribution < 1.29 is 0 Å². The summed E-state index contributed by atoms with van der Waals surface area (Å²) in [4.78, 5) is 4.23. The van der Waals surface area contributed by atoms with Crippen LogP contribution in [-0.4, -0.2) is 4.98 Å². The highest BCUT2D eigenvalue weighted by molar-refractivity contribution is 5.85. The van der Waals surface area contributed by atoms with Crippen molar-refractivity contribution in [2.24, 2.45) is 5.73 Å². The van der Waals surface area contributed by atoms with Crippen LogP contribution in [0.2, 0.25) is 0 Å². The molecule has 3 heteroatoms. The summed E-state index contributed by atoms with van der Waals surface area (Å²) in [5.74, 6) is 0. The molecular formula is C10H11ClN2. The van der Waals surface area contributed by atoms with Crippen molar-refractivity contribution in [1.29, 1.82) is 0 Å². The zero-order valence-electron chi connectivity index (χ0n) is 7.10. The van der Waals surface area contributed by atoms with Gasteiger partial charge in [-0.3, -0.25) is 4.98 Å². The average molecular weight is 195 g/mol. The molecule has 1 heterocycles. The third-order valence-electron chi connectivity index (χ3n) is 1.96. The molecule has 1 aromatic carbocycles. The van der Waals surface area contributed by atoms with Crippen LogP contribution in [0.15, 0.2) is 36.5 Å². The Labute approximate surface area is 83.2 Å². The molecule has 0 aliphatic heterocycles. The molecule has 68 valence electrons. The van der Waals surface area contributed by atoms with Gasteiger partial charge in [0, 0.05) is 18.1 Å². The molecule has 2 N–H and O–H groups in total. The van der Waals surface area contributed by atoms with Crippen LogP contribution in [0.5, 0.6) is 0 Å². The Balaban J connectivity index is 0.000000845. The predicted molar refractivity (Wildman–Crippen MR) is 56.9 cm³/mol. The smallest absolute Gasteiger partial charge is 0.0705 e. The molecule has 0 aliphatic carbocycles. The first-order chi connectivity index (χ1) is 5.92. The molecule has 0 saturated heterocycles.